The Bertz CT molecular complexity index is 594. The van der Waals surface area contributed by atoms with Crippen molar-refractivity contribution in [1.82, 2.24) is 9.55 Å². The average molecular weight is 251 g/mol. The summed E-state index contributed by atoms with van der Waals surface area (Å²) in [5.41, 5.74) is 6.37. The van der Waals surface area contributed by atoms with E-state index in [1.165, 1.54) is 10.6 Å². The lowest BCUT2D eigenvalue weighted by Crippen LogP contribution is -2.20. The molecule has 0 spiro atoms. The first-order valence-electron chi connectivity index (χ1n) is 5.64. The Morgan fingerprint density at radius 3 is 3.00 bits per heavy atom. The SMILES string of the molecule is CCOC(=O)C(C)n1c(N)nc2cccc(F)c21. The number of aromatic nitrogens is 2. The number of nitrogens with two attached hydrogens (primary N) is 1. The standard InChI is InChI=1S/C12H14FN3O2/c1-3-18-11(17)7(2)16-10-8(13)5-4-6-9(10)15-12(16)14/h4-7H,3H2,1-2H3,(H2,14,15). The summed E-state index contributed by atoms with van der Waals surface area (Å²) in [6.45, 7) is 3.57. The topological polar surface area (TPSA) is 70.1 Å². The van der Waals surface area contributed by atoms with Crippen LogP contribution in [0.3, 0.4) is 0 Å². The van der Waals surface area contributed by atoms with Crippen LogP contribution in [0.25, 0.3) is 11.0 Å². The van der Waals surface area contributed by atoms with Gasteiger partial charge in [0.1, 0.15) is 17.4 Å². The summed E-state index contributed by atoms with van der Waals surface area (Å²) in [5.74, 6) is -0.838. The van der Waals surface area contributed by atoms with Gasteiger partial charge in [0, 0.05) is 0 Å². The maximum absolute atomic E-state index is 13.8. The fraction of sp³-hybridized carbons (Fsp3) is 0.333. The maximum Gasteiger partial charge on any atom is 0.328 e. The molecule has 0 radical (unpaired) electrons. The lowest BCUT2D eigenvalue weighted by atomic mass is 10.2. The van der Waals surface area contributed by atoms with Crippen LogP contribution < -0.4 is 5.73 Å². The molecule has 5 nitrogen and oxygen atoms in total. The molecule has 1 unspecified atom stereocenters. The number of nitrogens with zero attached hydrogens (tertiary/aromatic N) is 2. The van der Waals surface area contributed by atoms with Gasteiger partial charge in [0.25, 0.3) is 0 Å². The highest BCUT2D eigenvalue weighted by atomic mass is 19.1. The highest BCUT2D eigenvalue weighted by molar-refractivity contribution is 5.83. The second-order valence-electron chi connectivity index (χ2n) is 3.88. The molecule has 1 aromatic heterocycles. The normalized spacial score (nSPS) is 12.6. The van der Waals surface area contributed by atoms with Gasteiger partial charge in [-0.25, -0.2) is 14.2 Å². The number of hydrogen-bond donors (Lipinski definition) is 1. The van der Waals surface area contributed by atoms with Gasteiger partial charge < -0.3 is 10.5 Å². The number of hydrogen-bond acceptors (Lipinski definition) is 4. The summed E-state index contributed by atoms with van der Waals surface area (Å²) in [6, 6.07) is 3.77. The number of nitrogen functional groups attached to an aromatic ring is 1. The second-order valence-corrected chi connectivity index (χ2v) is 3.88. The number of benzene rings is 1. The van der Waals surface area contributed by atoms with E-state index in [4.69, 9.17) is 10.5 Å². The molecule has 6 heteroatoms. The van der Waals surface area contributed by atoms with Crippen LogP contribution in [0.1, 0.15) is 19.9 Å². The third-order valence-electron chi connectivity index (χ3n) is 2.70. The number of imidazole rings is 1. The summed E-state index contributed by atoms with van der Waals surface area (Å²) in [7, 11) is 0. The minimum absolute atomic E-state index is 0.0932. The maximum atomic E-state index is 13.8. The Morgan fingerprint density at radius 2 is 2.33 bits per heavy atom. The van der Waals surface area contributed by atoms with E-state index in [1.807, 2.05) is 0 Å². The van der Waals surface area contributed by atoms with E-state index < -0.39 is 17.8 Å². The van der Waals surface area contributed by atoms with Gasteiger partial charge in [0.05, 0.1) is 12.1 Å². The fourth-order valence-corrected chi connectivity index (χ4v) is 1.88. The van der Waals surface area contributed by atoms with Crippen molar-refractivity contribution < 1.29 is 13.9 Å². The van der Waals surface area contributed by atoms with Gasteiger partial charge in [-0.2, -0.15) is 0 Å². The molecule has 1 heterocycles. The first kappa shape index (κ1) is 12.3. The first-order chi connectivity index (χ1) is 8.56. The zero-order chi connectivity index (χ0) is 13.3. The Labute approximate surface area is 103 Å². The van der Waals surface area contributed by atoms with Crippen molar-refractivity contribution in [2.45, 2.75) is 19.9 Å². The van der Waals surface area contributed by atoms with Crippen molar-refractivity contribution in [2.75, 3.05) is 12.3 Å². The van der Waals surface area contributed by atoms with Crippen molar-refractivity contribution in [3.8, 4) is 0 Å². The molecule has 0 fully saturated rings. The van der Waals surface area contributed by atoms with Gasteiger partial charge in [0.15, 0.2) is 0 Å². The van der Waals surface area contributed by atoms with E-state index in [9.17, 15) is 9.18 Å². The van der Waals surface area contributed by atoms with E-state index in [0.717, 1.165) is 0 Å². The lowest BCUT2D eigenvalue weighted by molar-refractivity contribution is -0.146. The van der Waals surface area contributed by atoms with Crippen LogP contribution in [0.2, 0.25) is 0 Å². The van der Waals surface area contributed by atoms with E-state index in [1.54, 1.807) is 26.0 Å². The van der Waals surface area contributed by atoms with E-state index in [2.05, 4.69) is 4.98 Å². The van der Waals surface area contributed by atoms with Crippen molar-refractivity contribution in [2.24, 2.45) is 0 Å². The molecule has 0 saturated carbocycles. The van der Waals surface area contributed by atoms with Gasteiger partial charge in [-0.1, -0.05) is 6.07 Å². The third-order valence-corrected chi connectivity index (χ3v) is 2.70. The molecule has 0 amide bonds. The smallest absolute Gasteiger partial charge is 0.328 e. The zero-order valence-corrected chi connectivity index (χ0v) is 10.2. The minimum Gasteiger partial charge on any atom is -0.464 e. The number of anilines is 1. The van der Waals surface area contributed by atoms with Crippen molar-refractivity contribution in [3.05, 3.63) is 24.0 Å². The van der Waals surface area contributed by atoms with Crippen LogP contribution in [0.15, 0.2) is 18.2 Å². The second kappa shape index (κ2) is 4.64. The highest BCUT2D eigenvalue weighted by Gasteiger charge is 2.23. The van der Waals surface area contributed by atoms with Crippen LogP contribution in [0.4, 0.5) is 10.3 Å². The van der Waals surface area contributed by atoms with Gasteiger partial charge in [-0.15, -0.1) is 0 Å². The molecular formula is C12H14FN3O2. The number of para-hydroxylation sites is 1. The molecule has 0 aliphatic rings. The molecule has 2 rings (SSSR count). The number of rotatable bonds is 3. The zero-order valence-electron chi connectivity index (χ0n) is 10.2. The average Bonchev–Trinajstić information content (AvgIpc) is 2.66. The van der Waals surface area contributed by atoms with Crippen LogP contribution in [-0.4, -0.2) is 22.1 Å². The summed E-state index contributed by atoms with van der Waals surface area (Å²) in [5, 5.41) is 0. The molecule has 2 N–H and O–H groups in total. The van der Waals surface area contributed by atoms with Gasteiger partial charge in [0.2, 0.25) is 5.95 Å². The number of carbonyl (C=O) groups is 1. The molecule has 96 valence electrons. The third kappa shape index (κ3) is 1.90. The van der Waals surface area contributed by atoms with Gasteiger partial charge >= 0.3 is 5.97 Å². The summed E-state index contributed by atoms with van der Waals surface area (Å²) < 4.78 is 20.1. The predicted octanol–water partition coefficient (Wildman–Crippen LogP) is 1.88. The lowest BCUT2D eigenvalue weighted by Gasteiger charge is -2.14. The molecule has 1 aromatic carbocycles. The van der Waals surface area contributed by atoms with Crippen LogP contribution in [-0.2, 0) is 9.53 Å². The summed E-state index contributed by atoms with van der Waals surface area (Å²) >= 11 is 0. The number of carbonyl (C=O) groups excluding carboxylic acids is 1. The molecule has 0 aliphatic carbocycles. The summed E-state index contributed by atoms with van der Waals surface area (Å²) in [4.78, 5) is 15.7. The molecular weight excluding hydrogens is 237 g/mol. The van der Waals surface area contributed by atoms with Gasteiger partial charge in [-0.3, -0.25) is 4.57 Å². The first-order valence-corrected chi connectivity index (χ1v) is 5.64. The minimum atomic E-state index is -0.716. The predicted molar refractivity (Wildman–Crippen MR) is 65.4 cm³/mol. The van der Waals surface area contributed by atoms with Gasteiger partial charge in [-0.05, 0) is 26.0 Å². The number of halogens is 1. The number of ether oxygens (including phenoxy) is 1. The van der Waals surface area contributed by atoms with Crippen LogP contribution in [0, 0.1) is 5.82 Å². The Kier molecular flexibility index (Phi) is 3.18. The largest absolute Gasteiger partial charge is 0.464 e. The molecule has 0 saturated heterocycles. The van der Waals surface area contributed by atoms with E-state index in [0.29, 0.717) is 5.52 Å². The van der Waals surface area contributed by atoms with E-state index in [-0.39, 0.29) is 18.1 Å². The van der Waals surface area contributed by atoms with Crippen LogP contribution in [0.5, 0.6) is 0 Å². The molecule has 0 bridgehead atoms. The molecule has 2 aromatic rings. The quantitative estimate of drug-likeness (QED) is 0.845. The number of esters is 1. The van der Waals surface area contributed by atoms with E-state index >= 15 is 0 Å². The summed E-state index contributed by atoms with van der Waals surface area (Å²) in [6.07, 6.45) is 0. The Balaban J connectivity index is 2.56. The van der Waals surface area contributed by atoms with Crippen molar-refractivity contribution >= 4 is 23.0 Å². The molecule has 0 aliphatic heterocycles. The Hall–Kier alpha value is -2.11. The molecule has 18 heavy (non-hydrogen) atoms. The number of fused-ring (bicyclic) bond motifs is 1. The van der Waals surface area contributed by atoms with Crippen molar-refractivity contribution in [3.63, 3.8) is 0 Å². The fourth-order valence-electron chi connectivity index (χ4n) is 1.88. The Morgan fingerprint density at radius 1 is 1.61 bits per heavy atom. The molecule has 1 atom stereocenters. The monoisotopic (exact) mass is 251 g/mol. The highest BCUT2D eigenvalue weighted by Crippen LogP contribution is 2.25. The van der Waals surface area contributed by atoms with Crippen molar-refractivity contribution in [1.29, 1.82) is 0 Å². The van der Waals surface area contributed by atoms with Crippen LogP contribution >= 0.6 is 0 Å².